The van der Waals surface area contributed by atoms with Crippen LogP contribution in [-0.4, -0.2) is 17.1 Å². The second-order valence-corrected chi connectivity index (χ2v) is 5.24. The van der Waals surface area contributed by atoms with Crippen LogP contribution in [-0.2, 0) is 4.79 Å². The molecule has 1 amide bonds. The van der Waals surface area contributed by atoms with Crippen molar-refractivity contribution in [2.45, 2.75) is 44.2 Å². The van der Waals surface area contributed by atoms with Crippen molar-refractivity contribution in [1.82, 2.24) is 5.32 Å². The Labute approximate surface area is 99.5 Å². The first-order valence-corrected chi connectivity index (χ1v) is 6.64. The van der Waals surface area contributed by atoms with Crippen LogP contribution in [0.1, 0.15) is 43.1 Å². The maximum absolute atomic E-state index is 11.4. The highest BCUT2D eigenvalue weighted by atomic mass is 32.1. The van der Waals surface area contributed by atoms with Gasteiger partial charge in [0.15, 0.2) is 0 Å². The van der Waals surface area contributed by atoms with Gasteiger partial charge >= 0.3 is 0 Å². The van der Waals surface area contributed by atoms with Gasteiger partial charge in [-0.05, 0) is 37.1 Å². The molecule has 88 valence electrons. The third-order valence-electron chi connectivity index (χ3n) is 2.70. The Bertz CT molecular complexity index is 333. The molecule has 0 aromatic carbocycles. The first kappa shape index (κ1) is 11.6. The molecule has 3 nitrogen and oxygen atoms in total. The Kier molecular flexibility index (Phi) is 3.96. The van der Waals surface area contributed by atoms with E-state index in [1.165, 1.54) is 0 Å². The highest BCUT2D eigenvalue weighted by Crippen LogP contribution is 2.23. The Morgan fingerprint density at radius 2 is 2.44 bits per heavy atom. The van der Waals surface area contributed by atoms with E-state index < -0.39 is 6.10 Å². The molecule has 0 bridgehead atoms. The van der Waals surface area contributed by atoms with E-state index in [2.05, 4.69) is 5.32 Å². The lowest BCUT2D eigenvalue weighted by Crippen LogP contribution is -2.24. The van der Waals surface area contributed by atoms with E-state index in [-0.39, 0.29) is 5.91 Å². The van der Waals surface area contributed by atoms with Gasteiger partial charge in [0, 0.05) is 17.3 Å². The van der Waals surface area contributed by atoms with Crippen molar-refractivity contribution in [3.05, 3.63) is 22.4 Å². The minimum absolute atomic E-state index is 0.126. The fourth-order valence-electron chi connectivity index (χ4n) is 1.61. The molecule has 1 atom stereocenters. The third kappa shape index (κ3) is 3.61. The van der Waals surface area contributed by atoms with Crippen molar-refractivity contribution in [1.29, 1.82) is 0 Å². The van der Waals surface area contributed by atoms with E-state index in [0.29, 0.717) is 18.9 Å². The fraction of sp³-hybridized carbons (Fsp3) is 0.583. The summed E-state index contributed by atoms with van der Waals surface area (Å²) in [6.07, 6.45) is 3.79. The Balaban J connectivity index is 1.61. The second kappa shape index (κ2) is 5.46. The predicted octanol–water partition coefficient (Wildman–Crippen LogP) is 2.23. The smallest absolute Gasteiger partial charge is 0.220 e. The van der Waals surface area contributed by atoms with Crippen LogP contribution < -0.4 is 5.32 Å². The number of carbonyl (C=O) groups is 1. The van der Waals surface area contributed by atoms with Crippen molar-refractivity contribution >= 4 is 17.2 Å². The van der Waals surface area contributed by atoms with E-state index in [1.54, 1.807) is 11.3 Å². The summed E-state index contributed by atoms with van der Waals surface area (Å²) >= 11 is 1.56. The largest absolute Gasteiger partial charge is 0.388 e. The molecular weight excluding hydrogens is 222 g/mol. The van der Waals surface area contributed by atoms with Gasteiger partial charge in [-0.1, -0.05) is 6.07 Å². The minimum atomic E-state index is -0.409. The van der Waals surface area contributed by atoms with E-state index >= 15 is 0 Å². The molecule has 1 fully saturated rings. The van der Waals surface area contributed by atoms with Crippen molar-refractivity contribution in [3.8, 4) is 0 Å². The number of hydrogen-bond acceptors (Lipinski definition) is 3. The molecular formula is C12H17NO2S. The standard InChI is InChI=1S/C12H17NO2S/c14-10(11-4-2-8-16-11)3-1-5-12(15)13-9-6-7-9/h2,4,8-10,14H,1,3,5-7H2,(H,13,15). The average molecular weight is 239 g/mol. The van der Waals surface area contributed by atoms with Crippen LogP contribution in [0.5, 0.6) is 0 Å². The van der Waals surface area contributed by atoms with Gasteiger partial charge in [0.1, 0.15) is 0 Å². The van der Waals surface area contributed by atoms with Crippen LogP contribution in [0.15, 0.2) is 17.5 Å². The summed E-state index contributed by atoms with van der Waals surface area (Å²) in [5, 5.41) is 14.7. The molecule has 0 radical (unpaired) electrons. The van der Waals surface area contributed by atoms with Crippen LogP contribution in [0.4, 0.5) is 0 Å². The topological polar surface area (TPSA) is 49.3 Å². The summed E-state index contributed by atoms with van der Waals surface area (Å²) in [7, 11) is 0. The van der Waals surface area contributed by atoms with Crippen molar-refractivity contribution in [2.75, 3.05) is 0 Å². The maximum Gasteiger partial charge on any atom is 0.220 e. The van der Waals surface area contributed by atoms with Crippen LogP contribution in [0.25, 0.3) is 0 Å². The highest BCUT2D eigenvalue weighted by molar-refractivity contribution is 7.10. The van der Waals surface area contributed by atoms with Gasteiger partial charge in [0.2, 0.25) is 5.91 Å². The summed E-state index contributed by atoms with van der Waals surface area (Å²) in [6, 6.07) is 4.30. The zero-order chi connectivity index (χ0) is 11.4. The van der Waals surface area contributed by atoms with Gasteiger partial charge < -0.3 is 10.4 Å². The minimum Gasteiger partial charge on any atom is -0.388 e. The molecule has 1 aromatic heterocycles. The Hall–Kier alpha value is -0.870. The number of rotatable bonds is 6. The van der Waals surface area contributed by atoms with Gasteiger partial charge in [-0.3, -0.25) is 4.79 Å². The molecule has 1 saturated carbocycles. The van der Waals surface area contributed by atoms with E-state index in [9.17, 15) is 9.90 Å². The predicted molar refractivity (Wildman–Crippen MR) is 64.3 cm³/mol. The molecule has 1 aliphatic carbocycles. The van der Waals surface area contributed by atoms with Crippen molar-refractivity contribution in [3.63, 3.8) is 0 Å². The van der Waals surface area contributed by atoms with Crippen LogP contribution in [0.3, 0.4) is 0 Å². The molecule has 2 N–H and O–H groups in total. The quantitative estimate of drug-likeness (QED) is 0.799. The molecule has 0 aliphatic heterocycles. The van der Waals surface area contributed by atoms with Crippen LogP contribution in [0, 0.1) is 0 Å². The van der Waals surface area contributed by atoms with Gasteiger partial charge in [-0.15, -0.1) is 11.3 Å². The molecule has 1 heterocycles. The normalized spacial score (nSPS) is 17.1. The van der Waals surface area contributed by atoms with Gasteiger partial charge in [0.25, 0.3) is 0 Å². The fourth-order valence-corrected chi connectivity index (χ4v) is 2.35. The lowest BCUT2D eigenvalue weighted by atomic mass is 10.1. The molecule has 1 unspecified atom stereocenters. The Morgan fingerprint density at radius 3 is 3.06 bits per heavy atom. The summed E-state index contributed by atoms with van der Waals surface area (Å²) in [6.45, 7) is 0. The third-order valence-corrected chi connectivity index (χ3v) is 3.67. The number of thiophene rings is 1. The zero-order valence-electron chi connectivity index (χ0n) is 9.19. The number of aliphatic hydroxyl groups excluding tert-OH is 1. The molecule has 1 aromatic rings. The molecule has 16 heavy (non-hydrogen) atoms. The van der Waals surface area contributed by atoms with Gasteiger partial charge in [0.05, 0.1) is 6.10 Å². The molecule has 0 saturated heterocycles. The van der Waals surface area contributed by atoms with Crippen LogP contribution in [0.2, 0.25) is 0 Å². The van der Waals surface area contributed by atoms with Crippen molar-refractivity contribution in [2.24, 2.45) is 0 Å². The number of hydrogen-bond donors (Lipinski definition) is 2. The zero-order valence-corrected chi connectivity index (χ0v) is 10.0. The molecule has 1 aliphatic rings. The first-order chi connectivity index (χ1) is 7.75. The summed E-state index contributed by atoms with van der Waals surface area (Å²) in [4.78, 5) is 12.4. The monoisotopic (exact) mass is 239 g/mol. The SMILES string of the molecule is O=C(CCCC(O)c1cccs1)NC1CC1. The molecule has 2 rings (SSSR count). The number of carbonyl (C=O) groups excluding carboxylic acids is 1. The van der Waals surface area contributed by atoms with E-state index in [1.807, 2.05) is 17.5 Å². The lowest BCUT2D eigenvalue weighted by Gasteiger charge is -2.08. The summed E-state index contributed by atoms with van der Waals surface area (Å²) in [5.74, 6) is 0.126. The summed E-state index contributed by atoms with van der Waals surface area (Å²) < 4.78 is 0. The molecule has 4 heteroatoms. The molecule has 0 spiro atoms. The van der Waals surface area contributed by atoms with E-state index in [4.69, 9.17) is 0 Å². The van der Waals surface area contributed by atoms with Gasteiger partial charge in [-0.25, -0.2) is 0 Å². The Morgan fingerprint density at radius 1 is 1.62 bits per heavy atom. The second-order valence-electron chi connectivity index (χ2n) is 4.27. The first-order valence-electron chi connectivity index (χ1n) is 5.76. The van der Waals surface area contributed by atoms with Crippen LogP contribution >= 0.6 is 11.3 Å². The van der Waals surface area contributed by atoms with Crippen molar-refractivity contribution < 1.29 is 9.90 Å². The number of aliphatic hydroxyl groups is 1. The number of amides is 1. The lowest BCUT2D eigenvalue weighted by molar-refractivity contribution is -0.121. The highest BCUT2D eigenvalue weighted by Gasteiger charge is 2.22. The van der Waals surface area contributed by atoms with E-state index in [0.717, 1.165) is 24.1 Å². The summed E-state index contributed by atoms with van der Waals surface area (Å²) in [5.41, 5.74) is 0. The maximum atomic E-state index is 11.4. The average Bonchev–Trinajstić information content (AvgIpc) is 2.90. The van der Waals surface area contributed by atoms with Gasteiger partial charge in [-0.2, -0.15) is 0 Å². The number of nitrogens with one attached hydrogen (secondary N) is 1.